The molecule has 5 heteroatoms. The topological polar surface area (TPSA) is 21.7 Å². The minimum atomic E-state index is -0.526. The lowest BCUT2D eigenvalue weighted by Crippen LogP contribution is -2.53. The Morgan fingerprint density at radius 3 is 2.47 bits per heavy atom. The summed E-state index contributed by atoms with van der Waals surface area (Å²) >= 11 is 4.54. The van der Waals surface area contributed by atoms with Gasteiger partial charge in [0, 0.05) is 24.6 Å². The molecule has 3 atom stereocenters. The van der Waals surface area contributed by atoms with E-state index in [0.717, 1.165) is 18.5 Å². The zero-order valence-corrected chi connectivity index (χ0v) is 18.9. The van der Waals surface area contributed by atoms with E-state index in [1.807, 2.05) is 18.2 Å². The van der Waals surface area contributed by atoms with Gasteiger partial charge in [-0.1, -0.05) is 66.7 Å². The molecule has 0 amide bonds. The summed E-state index contributed by atoms with van der Waals surface area (Å²) in [5.41, 5.74) is 4.29. The lowest BCUT2D eigenvalue weighted by molar-refractivity contribution is -0.172. The fourth-order valence-electron chi connectivity index (χ4n) is 5.13. The molecule has 1 spiro atoms. The second-order valence-corrected chi connectivity index (χ2v) is 9.03. The number of hydrogen-bond acceptors (Lipinski definition) is 4. The van der Waals surface area contributed by atoms with Crippen molar-refractivity contribution in [2.45, 2.75) is 36.4 Å². The van der Waals surface area contributed by atoms with Crippen LogP contribution >= 0.6 is 12.6 Å². The molecule has 32 heavy (non-hydrogen) atoms. The van der Waals surface area contributed by atoms with Crippen molar-refractivity contribution in [3.8, 4) is 0 Å². The van der Waals surface area contributed by atoms with Crippen molar-refractivity contribution in [1.82, 2.24) is 4.90 Å². The highest BCUT2D eigenvalue weighted by Crippen LogP contribution is 2.46. The van der Waals surface area contributed by atoms with Crippen LogP contribution in [0.3, 0.4) is 0 Å². The second kappa shape index (κ2) is 9.36. The molecule has 3 aromatic carbocycles. The van der Waals surface area contributed by atoms with Crippen molar-refractivity contribution in [2.75, 3.05) is 19.8 Å². The Morgan fingerprint density at radius 2 is 1.69 bits per heavy atom. The quantitative estimate of drug-likeness (QED) is 0.503. The molecule has 2 fully saturated rings. The van der Waals surface area contributed by atoms with Gasteiger partial charge in [-0.3, -0.25) is 4.90 Å². The Balaban J connectivity index is 1.49. The first-order valence-corrected chi connectivity index (χ1v) is 11.8. The first-order valence-electron chi connectivity index (χ1n) is 11.1. The second-order valence-electron chi connectivity index (χ2n) is 8.71. The lowest BCUT2D eigenvalue weighted by atomic mass is 9.85. The first kappa shape index (κ1) is 21.7. The van der Waals surface area contributed by atoms with Crippen molar-refractivity contribution >= 4 is 12.6 Å². The lowest BCUT2D eigenvalue weighted by Gasteiger charge is -2.44. The maximum atomic E-state index is 13.6. The number of thiol groups is 1. The van der Waals surface area contributed by atoms with Crippen LogP contribution in [0.1, 0.15) is 40.6 Å². The number of rotatable bonds is 5. The Kier molecular flexibility index (Phi) is 6.33. The fraction of sp³-hybridized carbons (Fsp3) is 0.333. The summed E-state index contributed by atoms with van der Waals surface area (Å²) in [7, 11) is 0. The van der Waals surface area contributed by atoms with Crippen LogP contribution in [0, 0.1) is 5.82 Å². The van der Waals surface area contributed by atoms with Crippen LogP contribution in [0.15, 0.2) is 78.9 Å². The van der Waals surface area contributed by atoms with E-state index in [-0.39, 0.29) is 17.8 Å². The van der Waals surface area contributed by atoms with Gasteiger partial charge in [0.15, 0.2) is 0 Å². The molecule has 1 unspecified atom stereocenters. The molecule has 2 aliphatic heterocycles. The van der Waals surface area contributed by atoms with E-state index < -0.39 is 5.72 Å². The molecule has 2 saturated heterocycles. The van der Waals surface area contributed by atoms with Gasteiger partial charge in [0.1, 0.15) is 11.5 Å². The Labute approximate surface area is 194 Å². The van der Waals surface area contributed by atoms with Crippen LogP contribution in [-0.4, -0.2) is 30.4 Å². The van der Waals surface area contributed by atoms with E-state index in [1.54, 1.807) is 0 Å². The zero-order chi connectivity index (χ0) is 22.0. The average Bonchev–Trinajstić information content (AvgIpc) is 3.17. The standard InChI is InChI=1S/C27H28FNO2S/c28-24-12-10-21(11-13-24)26-17-31-27(29(26)15-20-6-2-1-3-7-20)14-23(16-30-19-27)25-9-5-4-8-22(25)18-32/h1-13,23,26,32H,14-19H2/t23-,26-,27?/m1/s1. The van der Waals surface area contributed by atoms with E-state index in [4.69, 9.17) is 9.47 Å². The van der Waals surface area contributed by atoms with Gasteiger partial charge >= 0.3 is 0 Å². The Morgan fingerprint density at radius 1 is 0.938 bits per heavy atom. The van der Waals surface area contributed by atoms with Gasteiger partial charge in [-0.05, 0) is 34.4 Å². The minimum Gasteiger partial charge on any atom is -0.376 e. The van der Waals surface area contributed by atoms with Crippen molar-refractivity contribution in [1.29, 1.82) is 0 Å². The molecule has 166 valence electrons. The van der Waals surface area contributed by atoms with Gasteiger partial charge < -0.3 is 9.47 Å². The normalized spacial score (nSPS) is 25.9. The molecule has 2 heterocycles. The van der Waals surface area contributed by atoms with Crippen molar-refractivity contribution in [3.05, 3.63) is 107 Å². The molecular weight excluding hydrogens is 421 g/mol. The van der Waals surface area contributed by atoms with Crippen LogP contribution < -0.4 is 0 Å². The zero-order valence-electron chi connectivity index (χ0n) is 18.0. The number of hydrogen-bond donors (Lipinski definition) is 1. The van der Waals surface area contributed by atoms with Crippen LogP contribution in [-0.2, 0) is 21.8 Å². The van der Waals surface area contributed by atoms with E-state index in [9.17, 15) is 4.39 Å². The smallest absolute Gasteiger partial charge is 0.146 e. The molecule has 0 aliphatic carbocycles. The Hall–Kier alpha value is -2.18. The van der Waals surface area contributed by atoms with Crippen molar-refractivity contribution < 1.29 is 13.9 Å². The number of halogens is 1. The van der Waals surface area contributed by atoms with Crippen molar-refractivity contribution in [3.63, 3.8) is 0 Å². The van der Waals surface area contributed by atoms with Crippen LogP contribution in [0.4, 0.5) is 4.39 Å². The molecule has 2 aliphatic rings. The molecule has 0 aromatic heterocycles. The summed E-state index contributed by atoms with van der Waals surface area (Å²) in [6.07, 6.45) is 0.850. The van der Waals surface area contributed by atoms with E-state index >= 15 is 0 Å². The van der Waals surface area contributed by atoms with E-state index in [1.165, 1.54) is 28.8 Å². The summed E-state index contributed by atoms with van der Waals surface area (Å²) in [6, 6.07) is 25.8. The average molecular weight is 450 g/mol. The fourth-order valence-corrected chi connectivity index (χ4v) is 5.41. The van der Waals surface area contributed by atoms with E-state index in [2.05, 4.69) is 66.1 Å². The highest BCUT2D eigenvalue weighted by Gasteiger charge is 2.51. The van der Waals surface area contributed by atoms with Crippen LogP contribution in [0.5, 0.6) is 0 Å². The summed E-state index contributed by atoms with van der Waals surface area (Å²) in [6.45, 7) is 2.50. The summed E-state index contributed by atoms with van der Waals surface area (Å²) < 4.78 is 26.4. The predicted molar refractivity (Wildman–Crippen MR) is 127 cm³/mol. The number of ether oxygens (including phenoxy) is 2. The van der Waals surface area contributed by atoms with E-state index in [0.29, 0.717) is 25.6 Å². The maximum absolute atomic E-state index is 13.6. The summed E-state index contributed by atoms with van der Waals surface area (Å²) in [4.78, 5) is 2.42. The van der Waals surface area contributed by atoms with Gasteiger partial charge in [0.05, 0.1) is 25.9 Å². The number of nitrogens with zero attached hydrogens (tertiary/aromatic N) is 1. The minimum absolute atomic E-state index is 0.0401. The van der Waals surface area contributed by atoms with Gasteiger partial charge in [-0.25, -0.2) is 4.39 Å². The van der Waals surface area contributed by atoms with Crippen LogP contribution in [0.25, 0.3) is 0 Å². The first-order chi connectivity index (χ1) is 15.7. The van der Waals surface area contributed by atoms with Crippen LogP contribution in [0.2, 0.25) is 0 Å². The van der Waals surface area contributed by atoms with Gasteiger partial charge in [-0.15, -0.1) is 0 Å². The molecule has 0 saturated carbocycles. The molecule has 3 nitrogen and oxygen atoms in total. The molecule has 5 rings (SSSR count). The molecule has 0 N–H and O–H groups in total. The summed E-state index contributed by atoms with van der Waals surface area (Å²) in [5.74, 6) is 0.714. The number of benzene rings is 3. The largest absolute Gasteiger partial charge is 0.376 e. The monoisotopic (exact) mass is 449 g/mol. The third-order valence-electron chi connectivity index (χ3n) is 6.74. The van der Waals surface area contributed by atoms with Gasteiger partial charge in [0.2, 0.25) is 0 Å². The molecular formula is C27H28FNO2S. The van der Waals surface area contributed by atoms with Gasteiger partial charge in [0.25, 0.3) is 0 Å². The van der Waals surface area contributed by atoms with Crippen molar-refractivity contribution in [2.24, 2.45) is 0 Å². The Bertz CT molecular complexity index is 1050. The molecule has 3 aromatic rings. The maximum Gasteiger partial charge on any atom is 0.146 e. The highest BCUT2D eigenvalue weighted by molar-refractivity contribution is 7.79. The predicted octanol–water partition coefficient (Wildman–Crippen LogP) is 5.73. The van der Waals surface area contributed by atoms with Gasteiger partial charge in [-0.2, -0.15) is 12.6 Å². The SMILES string of the molecule is Fc1ccc([C@H]2COC3(COC[C@H](c4ccccc4CS)C3)N2Cc2ccccc2)cc1. The molecule has 0 bridgehead atoms. The molecule has 0 radical (unpaired) electrons. The summed E-state index contributed by atoms with van der Waals surface area (Å²) in [5, 5.41) is 0. The third-order valence-corrected chi connectivity index (χ3v) is 7.08. The third kappa shape index (κ3) is 4.23. The highest BCUT2D eigenvalue weighted by atomic mass is 32.1.